The number of aliphatic carboxylic acids is 1. The predicted molar refractivity (Wildman–Crippen MR) is 61.2 cm³/mol. The van der Waals surface area contributed by atoms with Gasteiger partial charge in [-0.25, -0.2) is 0 Å². The van der Waals surface area contributed by atoms with Crippen molar-refractivity contribution in [2.24, 2.45) is 29.6 Å². The van der Waals surface area contributed by atoms with E-state index in [0.717, 1.165) is 12.3 Å². The number of likely N-dealkylation sites (tertiary alicyclic amines) is 1. The Labute approximate surface area is 101 Å². The van der Waals surface area contributed by atoms with Gasteiger partial charge in [-0.05, 0) is 37.0 Å². The summed E-state index contributed by atoms with van der Waals surface area (Å²) >= 11 is 0. The van der Waals surface area contributed by atoms with Crippen molar-refractivity contribution in [3.8, 4) is 0 Å². The quantitative estimate of drug-likeness (QED) is 0.802. The second-order valence-electron chi connectivity index (χ2n) is 6.01. The van der Waals surface area contributed by atoms with Crippen LogP contribution in [0.25, 0.3) is 0 Å². The molecule has 3 rings (SSSR count). The predicted octanol–water partition coefficient (Wildman–Crippen LogP) is 1.21. The monoisotopic (exact) mass is 237 g/mol. The first-order valence-corrected chi connectivity index (χ1v) is 6.59. The topological polar surface area (TPSA) is 57.6 Å². The van der Waals surface area contributed by atoms with Crippen LogP contribution in [0.5, 0.6) is 0 Å². The van der Waals surface area contributed by atoms with E-state index in [1.165, 1.54) is 12.8 Å². The molecule has 2 aliphatic carbocycles. The molecule has 4 heteroatoms. The van der Waals surface area contributed by atoms with E-state index in [1.54, 1.807) is 4.90 Å². The number of nitrogens with zero attached hydrogens (tertiary/aromatic N) is 1. The van der Waals surface area contributed by atoms with Gasteiger partial charge in [0.15, 0.2) is 0 Å². The Morgan fingerprint density at radius 3 is 2.41 bits per heavy atom. The summed E-state index contributed by atoms with van der Waals surface area (Å²) in [6, 6.07) is 0. The van der Waals surface area contributed by atoms with Crippen LogP contribution in [-0.2, 0) is 9.59 Å². The Hall–Kier alpha value is -1.06. The van der Waals surface area contributed by atoms with Crippen molar-refractivity contribution in [2.75, 3.05) is 13.1 Å². The molecule has 17 heavy (non-hydrogen) atoms. The molecule has 1 saturated heterocycles. The summed E-state index contributed by atoms with van der Waals surface area (Å²) in [4.78, 5) is 25.0. The smallest absolute Gasteiger partial charge is 0.308 e. The molecule has 2 unspecified atom stereocenters. The first-order valence-electron chi connectivity index (χ1n) is 6.59. The molecule has 0 radical (unpaired) electrons. The zero-order valence-electron chi connectivity index (χ0n) is 10.1. The molecule has 3 fully saturated rings. The minimum absolute atomic E-state index is 0.0922. The van der Waals surface area contributed by atoms with Gasteiger partial charge in [0.1, 0.15) is 0 Å². The summed E-state index contributed by atoms with van der Waals surface area (Å²) in [6.45, 7) is 2.98. The highest BCUT2D eigenvalue weighted by Gasteiger charge is 2.53. The fraction of sp³-hybridized carbons (Fsp3) is 0.846. The van der Waals surface area contributed by atoms with Crippen molar-refractivity contribution in [1.29, 1.82) is 0 Å². The third kappa shape index (κ3) is 1.94. The Morgan fingerprint density at radius 1 is 1.18 bits per heavy atom. The fourth-order valence-electron chi connectivity index (χ4n) is 3.25. The second kappa shape index (κ2) is 3.72. The number of carbonyl (C=O) groups excluding carboxylic acids is 1. The van der Waals surface area contributed by atoms with E-state index < -0.39 is 5.97 Å². The zero-order chi connectivity index (χ0) is 12.2. The normalized spacial score (nSPS) is 40.4. The molecule has 94 valence electrons. The van der Waals surface area contributed by atoms with Crippen molar-refractivity contribution < 1.29 is 14.7 Å². The molecule has 0 aromatic carbocycles. The molecule has 0 aromatic heterocycles. The zero-order valence-corrected chi connectivity index (χ0v) is 10.1. The van der Waals surface area contributed by atoms with E-state index in [-0.39, 0.29) is 23.7 Å². The maximum Gasteiger partial charge on any atom is 0.308 e. The van der Waals surface area contributed by atoms with Gasteiger partial charge in [0.05, 0.1) is 5.92 Å². The summed E-state index contributed by atoms with van der Waals surface area (Å²) in [5.41, 5.74) is 0. The van der Waals surface area contributed by atoms with Crippen LogP contribution in [0.4, 0.5) is 0 Å². The lowest BCUT2D eigenvalue weighted by Crippen LogP contribution is -2.31. The van der Waals surface area contributed by atoms with E-state index in [4.69, 9.17) is 5.11 Å². The van der Waals surface area contributed by atoms with Gasteiger partial charge in [-0.3, -0.25) is 9.59 Å². The average Bonchev–Trinajstić information content (AvgIpc) is 3.12. The summed E-state index contributed by atoms with van der Waals surface area (Å²) in [6.07, 6.45) is 3.64. The molecule has 1 aliphatic heterocycles. The molecular formula is C13H19NO3. The van der Waals surface area contributed by atoms with Gasteiger partial charge in [-0.1, -0.05) is 6.92 Å². The molecule has 3 aliphatic rings. The Morgan fingerprint density at radius 2 is 1.88 bits per heavy atom. The van der Waals surface area contributed by atoms with Crippen molar-refractivity contribution >= 4 is 11.9 Å². The molecular weight excluding hydrogens is 218 g/mol. The van der Waals surface area contributed by atoms with Gasteiger partial charge in [0.25, 0.3) is 0 Å². The second-order valence-corrected chi connectivity index (χ2v) is 6.01. The molecule has 0 bridgehead atoms. The van der Waals surface area contributed by atoms with Gasteiger partial charge >= 0.3 is 5.97 Å². The van der Waals surface area contributed by atoms with E-state index in [1.807, 2.05) is 6.92 Å². The van der Waals surface area contributed by atoms with Gasteiger partial charge < -0.3 is 10.0 Å². The number of carbonyl (C=O) groups is 2. The highest BCUT2D eigenvalue weighted by Crippen LogP contribution is 2.55. The summed E-state index contributed by atoms with van der Waals surface area (Å²) in [7, 11) is 0. The van der Waals surface area contributed by atoms with Crippen molar-refractivity contribution in [3.63, 3.8) is 0 Å². The van der Waals surface area contributed by atoms with Gasteiger partial charge in [-0.15, -0.1) is 0 Å². The van der Waals surface area contributed by atoms with Crippen LogP contribution < -0.4 is 0 Å². The average molecular weight is 237 g/mol. The molecule has 0 spiro atoms. The summed E-state index contributed by atoms with van der Waals surface area (Å²) in [5, 5.41) is 9.05. The molecule has 1 N–H and O–H groups in total. The Balaban J connectivity index is 1.59. The van der Waals surface area contributed by atoms with Crippen LogP contribution in [0.3, 0.4) is 0 Å². The first-order chi connectivity index (χ1) is 8.08. The third-order valence-corrected chi connectivity index (χ3v) is 4.63. The number of amides is 1. The largest absolute Gasteiger partial charge is 0.481 e. The highest BCUT2D eigenvalue weighted by molar-refractivity contribution is 5.83. The van der Waals surface area contributed by atoms with Gasteiger partial charge in [0, 0.05) is 19.0 Å². The maximum atomic E-state index is 12.2. The van der Waals surface area contributed by atoms with Crippen molar-refractivity contribution in [1.82, 2.24) is 4.90 Å². The summed E-state index contributed by atoms with van der Waals surface area (Å²) < 4.78 is 0. The van der Waals surface area contributed by atoms with E-state index in [0.29, 0.717) is 19.0 Å². The van der Waals surface area contributed by atoms with E-state index >= 15 is 0 Å². The lowest BCUT2D eigenvalue weighted by molar-refractivity contribution is -0.142. The molecule has 0 aromatic rings. The Bertz CT molecular complexity index is 364. The number of hydrogen-bond acceptors (Lipinski definition) is 2. The fourth-order valence-corrected chi connectivity index (χ4v) is 3.25. The lowest BCUT2D eigenvalue weighted by Gasteiger charge is -2.15. The number of hydrogen-bond donors (Lipinski definition) is 1. The minimum atomic E-state index is -0.762. The third-order valence-electron chi connectivity index (χ3n) is 4.63. The van der Waals surface area contributed by atoms with Gasteiger partial charge in [0.2, 0.25) is 5.91 Å². The van der Waals surface area contributed by atoms with Crippen LogP contribution in [0.15, 0.2) is 0 Å². The summed E-state index contributed by atoms with van der Waals surface area (Å²) in [5.74, 6) is 0.842. The Kier molecular flexibility index (Phi) is 2.42. The number of rotatable bonds is 3. The first kappa shape index (κ1) is 11.1. The van der Waals surface area contributed by atoms with Crippen LogP contribution in [0.1, 0.15) is 26.2 Å². The minimum Gasteiger partial charge on any atom is -0.481 e. The SMILES string of the molecule is C[C@@H]1CN(C(=O)C2CC2C2CC2)C[C@H]1C(=O)O. The van der Waals surface area contributed by atoms with Crippen molar-refractivity contribution in [2.45, 2.75) is 26.2 Å². The molecule has 4 atom stereocenters. The number of carboxylic acids is 1. The van der Waals surface area contributed by atoms with E-state index in [2.05, 4.69) is 0 Å². The van der Waals surface area contributed by atoms with Crippen LogP contribution >= 0.6 is 0 Å². The maximum absolute atomic E-state index is 12.2. The van der Waals surface area contributed by atoms with Crippen LogP contribution in [0.2, 0.25) is 0 Å². The van der Waals surface area contributed by atoms with E-state index in [9.17, 15) is 9.59 Å². The molecule has 1 heterocycles. The highest BCUT2D eigenvalue weighted by atomic mass is 16.4. The van der Waals surface area contributed by atoms with Crippen molar-refractivity contribution in [3.05, 3.63) is 0 Å². The molecule has 2 saturated carbocycles. The van der Waals surface area contributed by atoms with Gasteiger partial charge in [-0.2, -0.15) is 0 Å². The molecule has 1 amide bonds. The molecule has 4 nitrogen and oxygen atoms in total. The van der Waals surface area contributed by atoms with Crippen LogP contribution in [-0.4, -0.2) is 35.0 Å². The van der Waals surface area contributed by atoms with Crippen LogP contribution in [0, 0.1) is 29.6 Å². The standard InChI is InChI=1S/C13H19NO3/c1-7-5-14(6-11(7)13(16)17)12(15)10-4-9(10)8-2-3-8/h7-11H,2-6H2,1H3,(H,16,17)/t7-,9?,10?,11-/m1/s1. The number of carboxylic acid groups (broad SMARTS) is 1. The lowest BCUT2D eigenvalue weighted by atomic mass is 9.99.